The number of carbonyl (C=O) groups is 2. The van der Waals surface area contributed by atoms with Crippen LogP contribution in [0.1, 0.15) is 64.2 Å². The molecule has 8 N–H and O–H groups in total. The molecular formula is C15H32N4O2. The number of nitrogens with two attached hydrogens (primary N) is 4. The van der Waals surface area contributed by atoms with E-state index in [-0.39, 0.29) is 0 Å². The van der Waals surface area contributed by atoms with Gasteiger partial charge in [0.2, 0.25) is 11.8 Å². The van der Waals surface area contributed by atoms with Crippen molar-refractivity contribution in [2.45, 2.75) is 64.2 Å². The zero-order chi connectivity index (χ0) is 16.1. The van der Waals surface area contributed by atoms with E-state index >= 15 is 0 Å². The van der Waals surface area contributed by atoms with Crippen molar-refractivity contribution in [2.24, 2.45) is 28.3 Å². The van der Waals surface area contributed by atoms with Crippen LogP contribution < -0.4 is 22.9 Å². The second-order valence-corrected chi connectivity index (χ2v) is 5.72. The molecule has 0 saturated carbocycles. The van der Waals surface area contributed by atoms with Crippen molar-refractivity contribution in [3.05, 3.63) is 0 Å². The van der Waals surface area contributed by atoms with Gasteiger partial charge in [-0.05, 0) is 38.8 Å². The minimum Gasteiger partial charge on any atom is -0.369 e. The molecule has 0 bridgehead atoms. The highest BCUT2D eigenvalue weighted by Gasteiger charge is 2.41. The summed E-state index contributed by atoms with van der Waals surface area (Å²) in [5.74, 6) is -1.18. The first-order valence-corrected chi connectivity index (χ1v) is 8.01. The van der Waals surface area contributed by atoms with Crippen molar-refractivity contribution in [3.63, 3.8) is 0 Å². The second-order valence-electron chi connectivity index (χ2n) is 5.72. The van der Waals surface area contributed by atoms with E-state index in [1.807, 2.05) is 0 Å². The molecule has 0 aromatic rings. The molecule has 0 aromatic carbocycles. The molecule has 0 spiro atoms. The Hall–Kier alpha value is -1.14. The fourth-order valence-electron chi connectivity index (χ4n) is 2.59. The van der Waals surface area contributed by atoms with Gasteiger partial charge in [-0.2, -0.15) is 0 Å². The van der Waals surface area contributed by atoms with Gasteiger partial charge in [0.25, 0.3) is 0 Å². The lowest BCUT2D eigenvalue weighted by molar-refractivity contribution is -0.141. The first kappa shape index (κ1) is 19.9. The van der Waals surface area contributed by atoms with Crippen LogP contribution in [0.3, 0.4) is 0 Å². The number of hydrogen-bond donors (Lipinski definition) is 4. The van der Waals surface area contributed by atoms with Gasteiger partial charge in [0.1, 0.15) is 5.41 Å². The van der Waals surface area contributed by atoms with E-state index in [4.69, 9.17) is 22.9 Å². The molecule has 2 amide bonds. The molecule has 0 fully saturated rings. The number of primary amides is 2. The molecule has 0 heterocycles. The van der Waals surface area contributed by atoms with Gasteiger partial charge in [0.05, 0.1) is 0 Å². The van der Waals surface area contributed by atoms with E-state index in [0.29, 0.717) is 25.9 Å². The summed E-state index contributed by atoms with van der Waals surface area (Å²) in [4.78, 5) is 23.6. The first-order chi connectivity index (χ1) is 10.0. The number of hydrogen-bond acceptors (Lipinski definition) is 4. The van der Waals surface area contributed by atoms with Crippen molar-refractivity contribution in [1.29, 1.82) is 0 Å². The number of rotatable bonds is 14. The van der Waals surface area contributed by atoms with E-state index in [9.17, 15) is 9.59 Å². The molecule has 6 heteroatoms. The van der Waals surface area contributed by atoms with Crippen LogP contribution in [0.2, 0.25) is 0 Å². The van der Waals surface area contributed by atoms with Crippen LogP contribution >= 0.6 is 0 Å². The lowest BCUT2D eigenvalue weighted by Gasteiger charge is -2.27. The number of amides is 2. The second kappa shape index (κ2) is 11.5. The Morgan fingerprint density at radius 3 is 1.24 bits per heavy atom. The smallest absolute Gasteiger partial charge is 0.233 e. The quantitative estimate of drug-likeness (QED) is 0.278. The molecule has 0 unspecified atom stereocenters. The summed E-state index contributed by atoms with van der Waals surface area (Å²) >= 11 is 0. The highest BCUT2D eigenvalue weighted by Crippen LogP contribution is 2.31. The average molecular weight is 300 g/mol. The lowest BCUT2D eigenvalue weighted by atomic mass is 9.76. The summed E-state index contributed by atoms with van der Waals surface area (Å²) < 4.78 is 0. The highest BCUT2D eigenvalue weighted by atomic mass is 16.2. The Morgan fingerprint density at radius 2 is 0.952 bits per heavy atom. The molecule has 21 heavy (non-hydrogen) atoms. The highest BCUT2D eigenvalue weighted by molar-refractivity contribution is 6.03. The van der Waals surface area contributed by atoms with Crippen molar-refractivity contribution >= 4 is 11.8 Å². The van der Waals surface area contributed by atoms with Gasteiger partial charge in [-0.25, -0.2) is 0 Å². The number of carbonyl (C=O) groups excluding carboxylic acids is 2. The predicted molar refractivity (Wildman–Crippen MR) is 85.1 cm³/mol. The molecule has 0 atom stereocenters. The molecule has 124 valence electrons. The van der Waals surface area contributed by atoms with Crippen LogP contribution in [0.25, 0.3) is 0 Å². The van der Waals surface area contributed by atoms with E-state index in [1.165, 1.54) is 0 Å². The van der Waals surface area contributed by atoms with Crippen LogP contribution in [-0.2, 0) is 9.59 Å². The third-order valence-electron chi connectivity index (χ3n) is 4.06. The largest absolute Gasteiger partial charge is 0.369 e. The monoisotopic (exact) mass is 300 g/mol. The molecular weight excluding hydrogens is 268 g/mol. The maximum Gasteiger partial charge on any atom is 0.233 e. The molecule has 0 aliphatic carbocycles. The van der Waals surface area contributed by atoms with Gasteiger partial charge in [-0.1, -0.05) is 38.5 Å². The summed E-state index contributed by atoms with van der Waals surface area (Å²) in [7, 11) is 0. The maximum atomic E-state index is 11.8. The van der Waals surface area contributed by atoms with Gasteiger partial charge in [0.15, 0.2) is 0 Å². The molecule has 0 rings (SSSR count). The summed E-state index contributed by atoms with van der Waals surface area (Å²) in [5, 5.41) is 0. The molecule has 0 saturated heterocycles. The lowest BCUT2D eigenvalue weighted by Crippen LogP contribution is -2.47. The van der Waals surface area contributed by atoms with E-state index < -0.39 is 17.2 Å². The van der Waals surface area contributed by atoms with Gasteiger partial charge in [-0.3, -0.25) is 9.59 Å². The minimum atomic E-state index is -1.19. The van der Waals surface area contributed by atoms with Crippen LogP contribution in [0.15, 0.2) is 0 Å². The SMILES string of the molecule is NCCCCCCC(CCCCCCN)(C(N)=O)C(N)=O. The number of unbranched alkanes of at least 4 members (excludes halogenated alkanes) is 6. The Labute approximate surface area is 128 Å². The molecule has 0 aromatic heterocycles. The van der Waals surface area contributed by atoms with Crippen molar-refractivity contribution < 1.29 is 9.59 Å². The molecule has 0 radical (unpaired) electrons. The molecule has 6 nitrogen and oxygen atoms in total. The summed E-state index contributed by atoms with van der Waals surface area (Å²) in [6, 6.07) is 0. The molecule has 0 aliphatic heterocycles. The maximum absolute atomic E-state index is 11.8. The van der Waals surface area contributed by atoms with Crippen LogP contribution in [0.4, 0.5) is 0 Å². The Bertz CT molecular complexity index is 278. The Balaban J connectivity index is 4.40. The zero-order valence-corrected chi connectivity index (χ0v) is 13.1. The Morgan fingerprint density at radius 1 is 0.619 bits per heavy atom. The summed E-state index contributed by atoms with van der Waals surface area (Å²) in [5.41, 5.74) is 20.6. The fraction of sp³-hybridized carbons (Fsp3) is 0.867. The van der Waals surface area contributed by atoms with Crippen molar-refractivity contribution in [3.8, 4) is 0 Å². The minimum absolute atomic E-state index is 0.444. The third kappa shape index (κ3) is 7.43. The van der Waals surface area contributed by atoms with Crippen LogP contribution in [-0.4, -0.2) is 24.9 Å². The van der Waals surface area contributed by atoms with Gasteiger partial charge in [-0.15, -0.1) is 0 Å². The van der Waals surface area contributed by atoms with Crippen molar-refractivity contribution in [1.82, 2.24) is 0 Å². The van der Waals surface area contributed by atoms with Gasteiger partial charge in [0, 0.05) is 0 Å². The predicted octanol–water partition coefficient (Wildman–Crippen LogP) is 0.762. The average Bonchev–Trinajstić information content (AvgIpc) is 2.44. The van der Waals surface area contributed by atoms with Gasteiger partial charge < -0.3 is 22.9 Å². The zero-order valence-electron chi connectivity index (χ0n) is 13.1. The molecule has 0 aliphatic rings. The first-order valence-electron chi connectivity index (χ1n) is 8.01. The van der Waals surface area contributed by atoms with E-state index in [2.05, 4.69) is 0 Å². The normalized spacial score (nSPS) is 11.5. The fourth-order valence-corrected chi connectivity index (χ4v) is 2.59. The van der Waals surface area contributed by atoms with Gasteiger partial charge >= 0.3 is 0 Å². The van der Waals surface area contributed by atoms with E-state index in [0.717, 1.165) is 51.4 Å². The summed E-state index contributed by atoms with van der Waals surface area (Å²) in [6.45, 7) is 1.33. The Kier molecular flexibility index (Phi) is 10.9. The summed E-state index contributed by atoms with van der Waals surface area (Å²) in [6.07, 6.45) is 8.22. The van der Waals surface area contributed by atoms with Crippen LogP contribution in [0.5, 0.6) is 0 Å². The van der Waals surface area contributed by atoms with E-state index in [1.54, 1.807) is 0 Å². The van der Waals surface area contributed by atoms with Crippen molar-refractivity contribution in [2.75, 3.05) is 13.1 Å². The van der Waals surface area contributed by atoms with Crippen LogP contribution in [0, 0.1) is 5.41 Å². The third-order valence-corrected chi connectivity index (χ3v) is 4.06. The standard InChI is InChI=1S/C15H32N4O2/c16-11-7-3-1-5-9-15(13(18)20,14(19)21)10-6-2-4-8-12-17/h1-12,16-17H2,(H2,18,20)(H2,19,21). The topological polar surface area (TPSA) is 138 Å².